The van der Waals surface area contributed by atoms with Gasteiger partial charge in [0, 0.05) is 27.2 Å². The molecule has 0 aliphatic heterocycles. The number of carbonyl (C=O) groups excluding carboxylic acids is 2. The fourth-order valence-corrected chi connectivity index (χ4v) is 4.41. The minimum absolute atomic E-state index is 0.135. The molecule has 35 heavy (non-hydrogen) atoms. The lowest BCUT2D eigenvalue weighted by Gasteiger charge is -2.32. The van der Waals surface area contributed by atoms with Gasteiger partial charge in [0.05, 0.1) is 12.8 Å². The van der Waals surface area contributed by atoms with E-state index in [-0.39, 0.29) is 12.5 Å². The highest BCUT2D eigenvalue weighted by atomic mass is 32.2. The van der Waals surface area contributed by atoms with E-state index in [0.29, 0.717) is 18.0 Å². The van der Waals surface area contributed by atoms with Crippen LogP contribution in [0.1, 0.15) is 32.3 Å². The number of para-hydroxylation sites is 1. The Bertz CT molecular complexity index is 1060. The van der Waals surface area contributed by atoms with Gasteiger partial charge in [-0.2, -0.15) is 12.7 Å². The lowest BCUT2D eigenvalue weighted by atomic mass is 10.1. The van der Waals surface area contributed by atoms with Gasteiger partial charge in [-0.1, -0.05) is 43.7 Å². The Kier molecular flexibility index (Phi) is 10.5. The number of carbonyl (C=O) groups is 2. The molecule has 0 fully saturated rings. The summed E-state index contributed by atoms with van der Waals surface area (Å²) in [7, 11) is 0.425. The van der Waals surface area contributed by atoms with E-state index in [2.05, 4.69) is 5.32 Å². The standard InChI is InChI=1S/C25H36N4O5S/c1-6-7-17-26-25(31)20(2)28(18-21-13-15-23(34-5)16-14-21)24(30)19-29(35(32,33)27(3)4)22-11-9-8-10-12-22/h8-16,20H,6-7,17-19H2,1-5H3,(H,26,31)/t20-/m1/s1. The predicted molar refractivity (Wildman–Crippen MR) is 137 cm³/mol. The van der Waals surface area contributed by atoms with Crippen molar-refractivity contribution in [1.29, 1.82) is 0 Å². The monoisotopic (exact) mass is 504 g/mol. The first-order chi connectivity index (χ1) is 16.6. The summed E-state index contributed by atoms with van der Waals surface area (Å²) in [6.45, 7) is 3.87. The van der Waals surface area contributed by atoms with Gasteiger partial charge in [-0.15, -0.1) is 0 Å². The van der Waals surface area contributed by atoms with Gasteiger partial charge in [-0.05, 0) is 43.2 Å². The van der Waals surface area contributed by atoms with Crippen molar-refractivity contribution < 1.29 is 22.7 Å². The zero-order chi connectivity index (χ0) is 26.0. The molecule has 0 radical (unpaired) electrons. The summed E-state index contributed by atoms with van der Waals surface area (Å²) in [5, 5.41) is 2.86. The van der Waals surface area contributed by atoms with Crippen LogP contribution in [0, 0.1) is 0 Å². The fourth-order valence-electron chi connectivity index (χ4n) is 3.36. The lowest BCUT2D eigenvalue weighted by Crippen LogP contribution is -2.52. The second kappa shape index (κ2) is 13.1. The third-order valence-corrected chi connectivity index (χ3v) is 7.39. The van der Waals surface area contributed by atoms with Crippen molar-refractivity contribution in [3.63, 3.8) is 0 Å². The normalized spacial score (nSPS) is 12.2. The average molecular weight is 505 g/mol. The van der Waals surface area contributed by atoms with E-state index in [9.17, 15) is 18.0 Å². The molecule has 2 aromatic rings. The number of nitrogens with one attached hydrogen (secondary N) is 1. The summed E-state index contributed by atoms with van der Waals surface area (Å²) >= 11 is 0. The molecule has 2 amide bonds. The van der Waals surface area contributed by atoms with Crippen molar-refractivity contribution in [2.45, 2.75) is 39.3 Å². The first kappa shape index (κ1) is 28.1. The van der Waals surface area contributed by atoms with Gasteiger partial charge in [0.15, 0.2) is 0 Å². The van der Waals surface area contributed by atoms with Crippen LogP contribution >= 0.6 is 0 Å². The Morgan fingerprint density at radius 3 is 2.20 bits per heavy atom. The molecule has 2 rings (SSSR count). The Morgan fingerprint density at radius 2 is 1.66 bits per heavy atom. The van der Waals surface area contributed by atoms with Crippen molar-refractivity contribution in [3.05, 3.63) is 60.2 Å². The van der Waals surface area contributed by atoms with Crippen LogP contribution in [-0.4, -0.2) is 69.8 Å². The molecular weight excluding hydrogens is 468 g/mol. The van der Waals surface area contributed by atoms with Gasteiger partial charge in [0.25, 0.3) is 0 Å². The Morgan fingerprint density at radius 1 is 1.03 bits per heavy atom. The van der Waals surface area contributed by atoms with E-state index in [1.807, 2.05) is 19.1 Å². The molecule has 0 heterocycles. The minimum Gasteiger partial charge on any atom is -0.497 e. The molecule has 192 valence electrons. The molecule has 0 spiro atoms. The Hall–Kier alpha value is -3.11. The highest BCUT2D eigenvalue weighted by Gasteiger charge is 2.32. The summed E-state index contributed by atoms with van der Waals surface area (Å²) in [5.41, 5.74) is 1.15. The van der Waals surface area contributed by atoms with Gasteiger partial charge < -0.3 is 15.0 Å². The fraction of sp³-hybridized carbons (Fsp3) is 0.440. The number of anilines is 1. The van der Waals surface area contributed by atoms with Crippen molar-refractivity contribution in [3.8, 4) is 5.75 Å². The van der Waals surface area contributed by atoms with Gasteiger partial charge in [0.2, 0.25) is 11.8 Å². The molecule has 0 unspecified atom stereocenters. The number of methoxy groups -OCH3 is 1. The highest BCUT2D eigenvalue weighted by Crippen LogP contribution is 2.21. The molecule has 1 N–H and O–H groups in total. The van der Waals surface area contributed by atoms with Crippen molar-refractivity contribution in [1.82, 2.24) is 14.5 Å². The summed E-state index contributed by atoms with van der Waals surface area (Å²) in [6, 6.07) is 14.8. The number of rotatable bonds is 13. The van der Waals surface area contributed by atoms with Crippen molar-refractivity contribution in [2.75, 3.05) is 38.6 Å². The Labute approximate surface area is 208 Å². The second-order valence-corrected chi connectivity index (χ2v) is 10.4. The maximum Gasteiger partial charge on any atom is 0.304 e. The molecule has 9 nitrogen and oxygen atoms in total. The van der Waals surface area contributed by atoms with Crippen LogP contribution in [0.2, 0.25) is 0 Å². The molecule has 1 atom stereocenters. The van der Waals surface area contributed by atoms with Gasteiger partial charge in [0.1, 0.15) is 18.3 Å². The Balaban J connectivity index is 2.37. The van der Waals surface area contributed by atoms with Crippen LogP contribution in [-0.2, 0) is 26.3 Å². The van der Waals surface area contributed by atoms with E-state index in [1.165, 1.54) is 19.0 Å². The molecule has 0 aromatic heterocycles. The third kappa shape index (κ3) is 7.69. The number of unbranched alkanes of at least 4 members (excludes halogenated alkanes) is 1. The third-order valence-electron chi connectivity index (χ3n) is 5.57. The number of benzene rings is 2. The van der Waals surface area contributed by atoms with E-state index in [0.717, 1.165) is 27.0 Å². The molecule has 0 saturated carbocycles. The minimum atomic E-state index is -3.96. The maximum absolute atomic E-state index is 13.6. The SMILES string of the molecule is CCCCNC(=O)[C@@H](C)N(Cc1ccc(OC)cc1)C(=O)CN(c1ccccc1)S(=O)(=O)N(C)C. The molecule has 0 saturated heterocycles. The molecule has 10 heteroatoms. The average Bonchev–Trinajstić information content (AvgIpc) is 2.86. The maximum atomic E-state index is 13.6. The zero-order valence-electron chi connectivity index (χ0n) is 21.1. The van der Waals surface area contributed by atoms with Crippen molar-refractivity contribution >= 4 is 27.7 Å². The topological polar surface area (TPSA) is 99.3 Å². The second-order valence-electron chi connectivity index (χ2n) is 8.32. The zero-order valence-corrected chi connectivity index (χ0v) is 21.9. The summed E-state index contributed by atoms with van der Waals surface area (Å²) in [5.74, 6) is -0.111. The van der Waals surface area contributed by atoms with Crippen LogP contribution in [0.15, 0.2) is 54.6 Å². The van der Waals surface area contributed by atoms with Gasteiger partial charge in [-0.25, -0.2) is 4.31 Å². The van der Waals surface area contributed by atoms with E-state index in [1.54, 1.807) is 56.5 Å². The van der Waals surface area contributed by atoms with Crippen LogP contribution < -0.4 is 14.4 Å². The summed E-state index contributed by atoms with van der Waals surface area (Å²) in [6.07, 6.45) is 1.76. The van der Waals surface area contributed by atoms with Gasteiger partial charge >= 0.3 is 10.2 Å². The molecule has 0 aliphatic rings. The first-order valence-corrected chi connectivity index (χ1v) is 13.0. The van der Waals surface area contributed by atoms with E-state index in [4.69, 9.17) is 4.74 Å². The predicted octanol–water partition coefficient (Wildman–Crippen LogP) is 2.64. The summed E-state index contributed by atoms with van der Waals surface area (Å²) < 4.78 is 33.5. The van der Waals surface area contributed by atoms with E-state index < -0.39 is 28.7 Å². The number of hydrogen-bond acceptors (Lipinski definition) is 5. The largest absolute Gasteiger partial charge is 0.497 e. The first-order valence-electron chi connectivity index (χ1n) is 11.6. The quantitative estimate of drug-likeness (QED) is 0.423. The van der Waals surface area contributed by atoms with Crippen LogP contribution in [0.5, 0.6) is 5.75 Å². The summed E-state index contributed by atoms with van der Waals surface area (Å²) in [4.78, 5) is 27.9. The lowest BCUT2D eigenvalue weighted by molar-refractivity contribution is -0.139. The molecule has 0 aliphatic carbocycles. The smallest absolute Gasteiger partial charge is 0.304 e. The highest BCUT2D eigenvalue weighted by molar-refractivity contribution is 7.90. The van der Waals surface area contributed by atoms with Crippen molar-refractivity contribution in [2.24, 2.45) is 0 Å². The molecule has 0 bridgehead atoms. The van der Waals surface area contributed by atoms with E-state index >= 15 is 0 Å². The molecular formula is C25H36N4O5S. The van der Waals surface area contributed by atoms with Crippen LogP contribution in [0.3, 0.4) is 0 Å². The number of nitrogens with zero attached hydrogens (tertiary/aromatic N) is 3. The number of amides is 2. The van der Waals surface area contributed by atoms with Crippen LogP contribution in [0.4, 0.5) is 5.69 Å². The molecule has 2 aromatic carbocycles. The van der Waals surface area contributed by atoms with Crippen LogP contribution in [0.25, 0.3) is 0 Å². The van der Waals surface area contributed by atoms with Gasteiger partial charge in [-0.3, -0.25) is 9.59 Å². The number of hydrogen-bond donors (Lipinski definition) is 1. The number of ether oxygens (including phenoxy) is 1.